The van der Waals surface area contributed by atoms with Gasteiger partial charge in [-0.2, -0.15) is 0 Å². The Labute approximate surface area is 153 Å². The highest BCUT2D eigenvalue weighted by atomic mass is 16.5. The van der Waals surface area contributed by atoms with E-state index in [2.05, 4.69) is 4.90 Å². The first kappa shape index (κ1) is 19.1. The number of aryl methyl sites for hydroxylation is 1. The van der Waals surface area contributed by atoms with Gasteiger partial charge in [0.25, 0.3) is 5.91 Å². The molecule has 26 heavy (non-hydrogen) atoms. The van der Waals surface area contributed by atoms with Crippen LogP contribution in [0.2, 0.25) is 0 Å². The van der Waals surface area contributed by atoms with Crippen molar-refractivity contribution in [3.8, 4) is 0 Å². The molecular formula is C19H28N2O5. The van der Waals surface area contributed by atoms with Crippen molar-refractivity contribution >= 4 is 5.91 Å². The second-order valence-electron chi connectivity index (χ2n) is 8.05. The van der Waals surface area contributed by atoms with Gasteiger partial charge in [-0.1, -0.05) is 13.8 Å². The molecule has 0 saturated carbocycles. The molecule has 2 saturated heterocycles. The fourth-order valence-corrected chi connectivity index (χ4v) is 3.82. The predicted molar refractivity (Wildman–Crippen MR) is 96.2 cm³/mol. The lowest BCUT2D eigenvalue weighted by Gasteiger charge is -2.52. The predicted octanol–water partition coefficient (Wildman–Crippen LogP) is 0.884. The molecule has 1 unspecified atom stereocenters. The van der Waals surface area contributed by atoms with E-state index >= 15 is 0 Å². The first-order chi connectivity index (χ1) is 12.2. The summed E-state index contributed by atoms with van der Waals surface area (Å²) in [5.41, 5.74) is -1.60. The Morgan fingerprint density at radius 1 is 1.23 bits per heavy atom. The number of β-amino-alcohol motifs (C(OH)–C–C–N with tert-alkyl or cyclic N) is 1. The van der Waals surface area contributed by atoms with Crippen molar-refractivity contribution < 1.29 is 19.1 Å². The first-order valence-corrected chi connectivity index (χ1v) is 9.14. The Balaban J connectivity index is 1.73. The first-order valence-electron chi connectivity index (χ1n) is 9.14. The average Bonchev–Trinajstić information content (AvgIpc) is 2.57. The zero-order valence-corrected chi connectivity index (χ0v) is 15.8. The SMILES string of the molecule is Cc1cc(=O)cc(C(=O)N2CCC(O)(CN3CCOCC3)C(C)(C)C2)o1. The molecule has 0 bridgehead atoms. The van der Waals surface area contributed by atoms with Crippen LogP contribution in [0.1, 0.15) is 36.6 Å². The van der Waals surface area contributed by atoms with Crippen molar-refractivity contribution in [2.45, 2.75) is 32.8 Å². The summed E-state index contributed by atoms with van der Waals surface area (Å²) in [5, 5.41) is 11.3. The molecule has 1 aromatic heterocycles. The number of carbonyl (C=O) groups is 1. The van der Waals surface area contributed by atoms with E-state index < -0.39 is 11.0 Å². The molecule has 7 heteroatoms. The summed E-state index contributed by atoms with van der Waals surface area (Å²) in [6.07, 6.45) is 0.485. The van der Waals surface area contributed by atoms with Gasteiger partial charge in [0.1, 0.15) is 5.76 Å². The molecule has 2 aliphatic heterocycles. The number of likely N-dealkylation sites (tertiary alicyclic amines) is 1. The Morgan fingerprint density at radius 3 is 2.54 bits per heavy atom. The van der Waals surface area contributed by atoms with Gasteiger partial charge in [-0.15, -0.1) is 0 Å². The van der Waals surface area contributed by atoms with Gasteiger partial charge in [-0.05, 0) is 13.3 Å². The smallest absolute Gasteiger partial charge is 0.289 e. The van der Waals surface area contributed by atoms with Crippen LogP contribution in [0.5, 0.6) is 0 Å². The van der Waals surface area contributed by atoms with E-state index in [4.69, 9.17) is 9.15 Å². The molecule has 0 radical (unpaired) electrons. The molecule has 1 N–H and O–H groups in total. The summed E-state index contributed by atoms with van der Waals surface area (Å²) in [6.45, 7) is 10.0. The number of piperidine rings is 1. The molecule has 1 aromatic rings. The molecular weight excluding hydrogens is 336 g/mol. The highest BCUT2D eigenvalue weighted by molar-refractivity contribution is 5.91. The van der Waals surface area contributed by atoms with Crippen molar-refractivity contribution in [3.63, 3.8) is 0 Å². The van der Waals surface area contributed by atoms with Crippen LogP contribution in [0.4, 0.5) is 0 Å². The summed E-state index contributed by atoms with van der Waals surface area (Å²) < 4.78 is 10.8. The summed E-state index contributed by atoms with van der Waals surface area (Å²) in [5.74, 6) is 0.178. The Hall–Kier alpha value is -1.70. The standard InChI is InChI=1S/C19H28N2O5/c1-14-10-15(22)11-16(26-14)17(23)21-5-4-19(24,18(2,3)12-21)13-20-6-8-25-9-7-20/h10-11,24H,4-9,12-13H2,1-3H3. The van der Waals surface area contributed by atoms with E-state index in [1.807, 2.05) is 13.8 Å². The van der Waals surface area contributed by atoms with E-state index in [0.717, 1.165) is 13.1 Å². The molecule has 3 heterocycles. The number of carbonyl (C=O) groups excluding carboxylic acids is 1. The van der Waals surface area contributed by atoms with Crippen LogP contribution in [0.25, 0.3) is 0 Å². The van der Waals surface area contributed by atoms with E-state index in [1.165, 1.54) is 12.1 Å². The van der Waals surface area contributed by atoms with Crippen molar-refractivity contribution in [2.75, 3.05) is 45.9 Å². The van der Waals surface area contributed by atoms with Crippen molar-refractivity contribution in [1.29, 1.82) is 0 Å². The fraction of sp³-hybridized carbons (Fsp3) is 0.684. The molecule has 7 nitrogen and oxygen atoms in total. The van der Waals surface area contributed by atoms with Gasteiger partial charge in [-0.25, -0.2) is 0 Å². The second-order valence-corrected chi connectivity index (χ2v) is 8.05. The minimum Gasteiger partial charge on any atom is -0.456 e. The number of morpholine rings is 1. The van der Waals surface area contributed by atoms with E-state index in [1.54, 1.807) is 11.8 Å². The number of hydrogen-bond acceptors (Lipinski definition) is 6. The topological polar surface area (TPSA) is 83.2 Å². The van der Waals surface area contributed by atoms with Gasteiger partial charge in [0, 0.05) is 50.3 Å². The van der Waals surface area contributed by atoms with Gasteiger partial charge in [0.2, 0.25) is 0 Å². The van der Waals surface area contributed by atoms with Gasteiger partial charge >= 0.3 is 0 Å². The number of rotatable bonds is 3. The molecule has 144 valence electrons. The Bertz CT molecular complexity index is 723. The summed E-state index contributed by atoms with van der Waals surface area (Å²) in [4.78, 5) is 28.3. The average molecular weight is 364 g/mol. The molecule has 1 amide bonds. The van der Waals surface area contributed by atoms with Crippen LogP contribution >= 0.6 is 0 Å². The van der Waals surface area contributed by atoms with Crippen LogP contribution in [0, 0.1) is 12.3 Å². The fourth-order valence-electron chi connectivity index (χ4n) is 3.82. The largest absolute Gasteiger partial charge is 0.456 e. The zero-order valence-electron chi connectivity index (χ0n) is 15.8. The maximum Gasteiger partial charge on any atom is 0.289 e. The normalized spacial score (nSPS) is 26.7. The zero-order chi connectivity index (χ0) is 18.9. The lowest BCUT2D eigenvalue weighted by molar-refractivity contribution is -0.133. The highest BCUT2D eigenvalue weighted by Crippen LogP contribution is 2.39. The number of amides is 1. The maximum absolute atomic E-state index is 12.8. The monoisotopic (exact) mass is 364 g/mol. The van der Waals surface area contributed by atoms with Gasteiger partial charge in [-0.3, -0.25) is 14.5 Å². The maximum atomic E-state index is 12.8. The van der Waals surface area contributed by atoms with Crippen molar-refractivity contribution in [2.24, 2.45) is 5.41 Å². The molecule has 1 atom stereocenters. The summed E-state index contributed by atoms with van der Waals surface area (Å²) in [7, 11) is 0. The molecule has 2 aliphatic rings. The van der Waals surface area contributed by atoms with Crippen LogP contribution in [-0.2, 0) is 4.74 Å². The van der Waals surface area contributed by atoms with Crippen molar-refractivity contribution in [3.05, 3.63) is 33.9 Å². The Kier molecular flexibility index (Phi) is 5.23. The van der Waals surface area contributed by atoms with Crippen molar-refractivity contribution in [1.82, 2.24) is 9.80 Å². The highest BCUT2D eigenvalue weighted by Gasteiger charge is 2.49. The van der Waals surface area contributed by atoms with Crippen LogP contribution in [0.15, 0.2) is 21.3 Å². The molecule has 2 fully saturated rings. The molecule has 0 aromatic carbocycles. The lowest BCUT2D eigenvalue weighted by Crippen LogP contribution is -2.63. The number of hydrogen-bond donors (Lipinski definition) is 1. The van der Waals surface area contributed by atoms with Crippen LogP contribution in [0.3, 0.4) is 0 Å². The molecule has 3 rings (SSSR count). The van der Waals surface area contributed by atoms with E-state index in [0.29, 0.717) is 45.0 Å². The third kappa shape index (κ3) is 3.84. The number of aliphatic hydroxyl groups is 1. The van der Waals surface area contributed by atoms with Crippen LogP contribution < -0.4 is 5.43 Å². The van der Waals surface area contributed by atoms with Crippen LogP contribution in [-0.4, -0.2) is 72.4 Å². The minimum atomic E-state index is -0.880. The van der Waals surface area contributed by atoms with Gasteiger partial charge < -0.3 is 19.2 Å². The molecule has 0 aliphatic carbocycles. The third-order valence-electron chi connectivity index (χ3n) is 5.62. The summed E-state index contributed by atoms with van der Waals surface area (Å²) in [6, 6.07) is 2.59. The number of ether oxygens (including phenoxy) is 1. The number of nitrogens with zero attached hydrogens (tertiary/aromatic N) is 2. The van der Waals surface area contributed by atoms with E-state index in [9.17, 15) is 14.7 Å². The quantitative estimate of drug-likeness (QED) is 0.857. The van der Waals surface area contributed by atoms with Gasteiger partial charge in [0.15, 0.2) is 11.2 Å². The third-order valence-corrected chi connectivity index (χ3v) is 5.62. The minimum absolute atomic E-state index is 0.0596. The lowest BCUT2D eigenvalue weighted by atomic mass is 9.69. The summed E-state index contributed by atoms with van der Waals surface area (Å²) >= 11 is 0. The van der Waals surface area contributed by atoms with Gasteiger partial charge in [0.05, 0.1) is 18.8 Å². The second kappa shape index (κ2) is 7.13. The molecule has 0 spiro atoms. The Morgan fingerprint density at radius 2 is 1.92 bits per heavy atom. The van der Waals surface area contributed by atoms with E-state index in [-0.39, 0.29) is 17.1 Å².